The van der Waals surface area contributed by atoms with Gasteiger partial charge in [0.05, 0.1) is 20.8 Å². The summed E-state index contributed by atoms with van der Waals surface area (Å²) in [7, 11) is 3.21. The van der Waals surface area contributed by atoms with E-state index in [9.17, 15) is 0 Å². The Hall–Kier alpha value is -3.13. The normalized spacial score (nSPS) is 10.9. The number of methoxy groups -OCH3 is 2. The van der Waals surface area contributed by atoms with Gasteiger partial charge in [-0.25, -0.2) is 0 Å². The van der Waals surface area contributed by atoms with Gasteiger partial charge in [0.15, 0.2) is 17.3 Å². The van der Waals surface area contributed by atoms with Gasteiger partial charge in [-0.15, -0.1) is 10.2 Å². The van der Waals surface area contributed by atoms with Crippen LogP contribution in [-0.4, -0.2) is 40.6 Å². The number of benzene rings is 2. The molecule has 0 spiro atoms. The van der Waals surface area contributed by atoms with Crippen molar-refractivity contribution in [1.29, 1.82) is 0 Å². The van der Waals surface area contributed by atoms with Gasteiger partial charge in [-0.2, -0.15) is 9.61 Å². The zero-order valence-corrected chi connectivity index (χ0v) is 16.0. The van der Waals surface area contributed by atoms with Gasteiger partial charge >= 0.3 is 0 Å². The Labute approximate surface area is 160 Å². The first-order valence-corrected chi connectivity index (χ1v) is 9.23. The van der Waals surface area contributed by atoms with Gasteiger partial charge in [-0.1, -0.05) is 11.3 Å². The molecule has 0 N–H and O–H groups in total. The molecule has 0 amide bonds. The van der Waals surface area contributed by atoms with E-state index in [0.717, 1.165) is 26.8 Å². The summed E-state index contributed by atoms with van der Waals surface area (Å²) >= 11 is 1.48. The van der Waals surface area contributed by atoms with E-state index in [1.54, 1.807) is 18.7 Å². The molecule has 0 saturated carbocycles. The van der Waals surface area contributed by atoms with E-state index in [-0.39, 0.29) is 0 Å². The van der Waals surface area contributed by atoms with Crippen molar-refractivity contribution >= 4 is 16.3 Å². The zero-order chi connectivity index (χ0) is 18.8. The molecular weight excluding hydrogens is 364 g/mol. The summed E-state index contributed by atoms with van der Waals surface area (Å²) in [6, 6.07) is 13.5. The lowest BCUT2D eigenvalue weighted by Crippen LogP contribution is -1.94. The van der Waals surface area contributed by atoms with Crippen LogP contribution in [0.4, 0.5) is 0 Å². The molecule has 138 valence electrons. The quantitative estimate of drug-likeness (QED) is 0.503. The molecule has 2 aromatic heterocycles. The summed E-state index contributed by atoms with van der Waals surface area (Å²) in [5.74, 6) is 2.79. The van der Waals surface area contributed by atoms with Crippen molar-refractivity contribution in [3.63, 3.8) is 0 Å². The molecule has 4 aromatic rings. The molecule has 0 aliphatic heterocycles. The van der Waals surface area contributed by atoms with Crippen LogP contribution in [0.15, 0.2) is 42.5 Å². The molecule has 0 fully saturated rings. The standard InChI is InChI=1S/C19H18N4O3S/c1-4-26-14-8-5-12(6-9-14)18-22-23-17(20-21-19(23)27-18)13-7-10-15(24-2)16(11-13)25-3/h5-11H,4H2,1-3H3. The fourth-order valence-electron chi connectivity index (χ4n) is 2.75. The fourth-order valence-corrected chi connectivity index (χ4v) is 3.59. The molecule has 8 heteroatoms. The molecule has 2 aromatic carbocycles. The van der Waals surface area contributed by atoms with Crippen molar-refractivity contribution in [2.45, 2.75) is 6.92 Å². The number of hydrogen-bond donors (Lipinski definition) is 0. The van der Waals surface area contributed by atoms with Crippen LogP contribution in [0, 0.1) is 0 Å². The Morgan fingerprint density at radius 2 is 1.67 bits per heavy atom. The van der Waals surface area contributed by atoms with Crippen LogP contribution in [-0.2, 0) is 0 Å². The molecule has 0 aliphatic rings. The van der Waals surface area contributed by atoms with Crippen LogP contribution >= 0.6 is 11.3 Å². The molecule has 0 aliphatic carbocycles. The number of fused-ring (bicyclic) bond motifs is 1. The number of hydrogen-bond acceptors (Lipinski definition) is 7. The molecule has 0 unspecified atom stereocenters. The Morgan fingerprint density at radius 3 is 2.37 bits per heavy atom. The zero-order valence-electron chi connectivity index (χ0n) is 15.2. The van der Waals surface area contributed by atoms with Gasteiger partial charge in [0.1, 0.15) is 10.8 Å². The largest absolute Gasteiger partial charge is 0.494 e. The lowest BCUT2D eigenvalue weighted by Gasteiger charge is -2.08. The second kappa shape index (κ2) is 7.24. The molecule has 0 atom stereocenters. The molecule has 7 nitrogen and oxygen atoms in total. The van der Waals surface area contributed by atoms with Crippen molar-refractivity contribution in [3.8, 4) is 39.2 Å². The van der Waals surface area contributed by atoms with Crippen LogP contribution < -0.4 is 14.2 Å². The molecule has 2 heterocycles. The first kappa shape index (κ1) is 17.3. The predicted octanol–water partition coefficient (Wildman–Crippen LogP) is 3.94. The topological polar surface area (TPSA) is 70.8 Å². The summed E-state index contributed by atoms with van der Waals surface area (Å²) in [5, 5.41) is 14.1. The van der Waals surface area contributed by atoms with E-state index in [2.05, 4.69) is 10.2 Å². The second-order valence-electron chi connectivity index (χ2n) is 5.65. The number of aromatic nitrogens is 4. The van der Waals surface area contributed by atoms with Gasteiger partial charge in [-0.05, 0) is 49.4 Å². The molecular formula is C19H18N4O3S. The maximum atomic E-state index is 5.49. The molecule has 27 heavy (non-hydrogen) atoms. The fraction of sp³-hybridized carbons (Fsp3) is 0.211. The van der Waals surface area contributed by atoms with Gasteiger partial charge in [0.2, 0.25) is 4.96 Å². The maximum Gasteiger partial charge on any atom is 0.235 e. The summed E-state index contributed by atoms with van der Waals surface area (Å²) in [4.78, 5) is 0.726. The van der Waals surface area contributed by atoms with Crippen LogP contribution in [0.3, 0.4) is 0 Å². The minimum absolute atomic E-state index is 0.633. The minimum atomic E-state index is 0.633. The van der Waals surface area contributed by atoms with E-state index in [1.165, 1.54) is 11.3 Å². The lowest BCUT2D eigenvalue weighted by atomic mass is 10.2. The highest BCUT2D eigenvalue weighted by Crippen LogP contribution is 2.33. The third-order valence-corrected chi connectivity index (χ3v) is 4.99. The molecule has 0 radical (unpaired) electrons. The Balaban J connectivity index is 1.72. The highest BCUT2D eigenvalue weighted by atomic mass is 32.1. The summed E-state index contributed by atoms with van der Waals surface area (Å²) in [5.41, 5.74) is 1.86. The summed E-state index contributed by atoms with van der Waals surface area (Å²) in [6.07, 6.45) is 0. The maximum absolute atomic E-state index is 5.49. The first-order valence-electron chi connectivity index (χ1n) is 8.41. The average molecular weight is 382 g/mol. The lowest BCUT2D eigenvalue weighted by molar-refractivity contribution is 0.340. The number of nitrogens with zero attached hydrogens (tertiary/aromatic N) is 4. The average Bonchev–Trinajstić information content (AvgIpc) is 3.29. The van der Waals surface area contributed by atoms with E-state index >= 15 is 0 Å². The highest BCUT2D eigenvalue weighted by molar-refractivity contribution is 7.19. The Kier molecular flexibility index (Phi) is 4.64. The Morgan fingerprint density at radius 1 is 0.926 bits per heavy atom. The summed E-state index contributed by atoms with van der Waals surface area (Å²) in [6.45, 7) is 2.61. The van der Waals surface area contributed by atoms with Crippen LogP contribution in [0.25, 0.3) is 26.9 Å². The Bertz CT molecular complexity index is 1070. The van der Waals surface area contributed by atoms with Crippen LogP contribution in [0.2, 0.25) is 0 Å². The van der Waals surface area contributed by atoms with Crippen LogP contribution in [0.5, 0.6) is 17.2 Å². The van der Waals surface area contributed by atoms with E-state index in [4.69, 9.17) is 19.3 Å². The number of ether oxygens (including phenoxy) is 3. The van der Waals surface area contributed by atoms with Gasteiger partial charge in [0, 0.05) is 11.1 Å². The van der Waals surface area contributed by atoms with Crippen molar-refractivity contribution in [2.24, 2.45) is 0 Å². The van der Waals surface area contributed by atoms with E-state index in [0.29, 0.717) is 23.9 Å². The molecule has 4 rings (SSSR count). The first-order chi connectivity index (χ1) is 13.2. The minimum Gasteiger partial charge on any atom is -0.494 e. The van der Waals surface area contributed by atoms with Crippen molar-refractivity contribution < 1.29 is 14.2 Å². The van der Waals surface area contributed by atoms with E-state index in [1.807, 2.05) is 49.4 Å². The van der Waals surface area contributed by atoms with Gasteiger partial charge < -0.3 is 14.2 Å². The number of rotatable bonds is 6. The summed E-state index contributed by atoms with van der Waals surface area (Å²) < 4.78 is 17.9. The van der Waals surface area contributed by atoms with Crippen molar-refractivity contribution in [3.05, 3.63) is 42.5 Å². The molecule has 0 bridgehead atoms. The molecule has 0 saturated heterocycles. The van der Waals surface area contributed by atoms with E-state index < -0.39 is 0 Å². The third-order valence-electron chi connectivity index (χ3n) is 4.04. The van der Waals surface area contributed by atoms with Gasteiger partial charge in [-0.3, -0.25) is 0 Å². The SMILES string of the molecule is CCOc1ccc(-c2nn3c(-c4ccc(OC)c(OC)c4)nnc3s2)cc1. The third kappa shape index (κ3) is 3.19. The smallest absolute Gasteiger partial charge is 0.235 e. The second-order valence-corrected chi connectivity index (χ2v) is 6.61. The van der Waals surface area contributed by atoms with Crippen molar-refractivity contribution in [2.75, 3.05) is 20.8 Å². The van der Waals surface area contributed by atoms with Crippen molar-refractivity contribution in [1.82, 2.24) is 19.8 Å². The van der Waals surface area contributed by atoms with Crippen LogP contribution in [0.1, 0.15) is 6.92 Å². The van der Waals surface area contributed by atoms with Gasteiger partial charge in [0.25, 0.3) is 0 Å². The monoisotopic (exact) mass is 382 g/mol. The highest BCUT2D eigenvalue weighted by Gasteiger charge is 2.16. The predicted molar refractivity (Wildman–Crippen MR) is 104 cm³/mol.